The Morgan fingerprint density at radius 2 is 2.00 bits per heavy atom. The van der Waals surface area contributed by atoms with E-state index in [1.54, 1.807) is 0 Å². The summed E-state index contributed by atoms with van der Waals surface area (Å²) in [6.45, 7) is 7.17. The predicted octanol–water partition coefficient (Wildman–Crippen LogP) is 1.03. The van der Waals surface area contributed by atoms with Gasteiger partial charge in [0.25, 0.3) is 5.17 Å². The second-order valence-corrected chi connectivity index (χ2v) is 3.38. The van der Waals surface area contributed by atoms with Crippen molar-refractivity contribution in [2.75, 3.05) is 26.3 Å². The van der Waals surface area contributed by atoms with Gasteiger partial charge in [-0.05, 0) is 26.1 Å². The van der Waals surface area contributed by atoms with Gasteiger partial charge in [0.15, 0.2) is 0 Å². The molecule has 0 bridgehead atoms. The first-order valence-corrected chi connectivity index (χ1v) is 4.64. The highest BCUT2D eigenvalue weighted by Crippen LogP contribution is 2.02. The molecule has 0 aromatic heterocycles. The molecule has 1 heterocycles. The first kappa shape index (κ1) is 9.74. The SMILES string of the molecule is CC(C)OC(=S)N1CCOCC1. The Labute approximate surface area is 78.6 Å². The third kappa shape index (κ3) is 2.95. The van der Waals surface area contributed by atoms with Crippen LogP contribution in [0.2, 0.25) is 0 Å². The molecule has 0 unspecified atom stereocenters. The molecular formula is C8H15NO2S. The number of nitrogens with zero attached hydrogens (tertiary/aromatic N) is 1. The van der Waals surface area contributed by atoms with Crippen LogP contribution in [-0.2, 0) is 9.47 Å². The Balaban J connectivity index is 2.30. The van der Waals surface area contributed by atoms with Gasteiger partial charge in [0.2, 0.25) is 0 Å². The zero-order valence-corrected chi connectivity index (χ0v) is 8.39. The second-order valence-electron chi connectivity index (χ2n) is 3.03. The molecule has 0 aromatic carbocycles. The van der Waals surface area contributed by atoms with Crippen LogP contribution in [0.25, 0.3) is 0 Å². The molecule has 0 aromatic rings. The standard InChI is InChI=1S/C8H15NO2S/c1-7(2)11-8(12)9-3-5-10-6-4-9/h7H,3-6H2,1-2H3. The molecule has 0 atom stereocenters. The molecule has 70 valence electrons. The smallest absolute Gasteiger partial charge is 0.259 e. The Morgan fingerprint density at radius 3 is 2.50 bits per heavy atom. The lowest BCUT2D eigenvalue weighted by Gasteiger charge is -2.29. The lowest BCUT2D eigenvalue weighted by molar-refractivity contribution is 0.0533. The van der Waals surface area contributed by atoms with Crippen LogP contribution in [0.3, 0.4) is 0 Å². The van der Waals surface area contributed by atoms with Gasteiger partial charge in [-0.1, -0.05) is 0 Å². The lowest BCUT2D eigenvalue weighted by Crippen LogP contribution is -2.41. The second kappa shape index (κ2) is 4.62. The van der Waals surface area contributed by atoms with Crippen LogP contribution in [0.5, 0.6) is 0 Å². The van der Waals surface area contributed by atoms with Gasteiger partial charge >= 0.3 is 0 Å². The van der Waals surface area contributed by atoms with Crippen LogP contribution in [0.15, 0.2) is 0 Å². The molecule has 1 aliphatic heterocycles. The average Bonchev–Trinajstić information content (AvgIpc) is 2.05. The van der Waals surface area contributed by atoms with Crippen molar-refractivity contribution < 1.29 is 9.47 Å². The normalized spacial score (nSPS) is 18.1. The molecule has 0 N–H and O–H groups in total. The van der Waals surface area contributed by atoms with Crippen molar-refractivity contribution in [2.24, 2.45) is 0 Å². The number of hydrogen-bond acceptors (Lipinski definition) is 3. The molecule has 3 nitrogen and oxygen atoms in total. The molecule has 0 radical (unpaired) electrons. The Kier molecular flexibility index (Phi) is 3.75. The molecule has 0 amide bonds. The van der Waals surface area contributed by atoms with E-state index in [1.807, 2.05) is 18.7 Å². The minimum Gasteiger partial charge on any atom is -0.468 e. The Hall–Kier alpha value is -0.350. The van der Waals surface area contributed by atoms with Gasteiger partial charge in [0, 0.05) is 13.1 Å². The molecular weight excluding hydrogens is 174 g/mol. The third-order valence-electron chi connectivity index (χ3n) is 1.61. The quantitative estimate of drug-likeness (QED) is 0.574. The van der Waals surface area contributed by atoms with Gasteiger partial charge in [-0.2, -0.15) is 0 Å². The highest BCUT2D eigenvalue weighted by Gasteiger charge is 2.14. The summed E-state index contributed by atoms with van der Waals surface area (Å²) in [4.78, 5) is 2.04. The summed E-state index contributed by atoms with van der Waals surface area (Å²) in [7, 11) is 0. The van der Waals surface area contributed by atoms with Crippen molar-refractivity contribution in [2.45, 2.75) is 20.0 Å². The largest absolute Gasteiger partial charge is 0.468 e. The molecule has 1 rings (SSSR count). The van der Waals surface area contributed by atoms with E-state index in [0.29, 0.717) is 5.17 Å². The minimum atomic E-state index is 0.167. The number of thiocarbonyl (C=S) groups is 1. The maximum Gasteiger partial charge on any atom is 0.259 e. The van der Waals surface area contributed by atoms with Crippen molar-refractivity contribution in [1.29, 1.82) is 0 Å². The summed E-state index contributed by atoms with van der Waals surface area (Å²) >= 11 is 5.10. The van der Waals surface area contributed by atoms with Gasteiger partial charge in [-0.3, -0.25) is 0 Å². The van der Waals surface area contributed by atoms with Crippen LogP contribution in [0, 0.1) is 0 Å². The van der Waals surface area contributed by atoms with E-state index >= 15 is 0 Å². The van der Waals surface area contributed by atoms with E-state index in [9.17, 15) is 0 Å². The summed E-state index contributed by atoms with van der Waals surface area (Å²) in [5.74, 6) is 0. The van der Waals surface area contributed by atoms with Gasteiger partial charge < -0.3 is 14.4 Å². The molecule has 0 spiro atoms. The number of ether oxygens (including phenoxy) is 2. The van der Waals surface area contributed by atoms with E-state index in [2.05, 4.69) is 0 Å². The van der Waals surface area contributed by atoms with Crippen LogP contribution < -0.4 is 0 Å². The van der Waals surface area contributed by atoms with Crippen LogP contribution >= 0.6 is 12.2 Å². The number of rotatable bonds is 1. The number of hydrogen-bond donors (Lipinski definition) is 0. The summed E-state index contributed by atoms with van der Waals surface area (Å²) < 4.78 is 10.6. The van der Waals surface area contributed by atoms with Crippen LogP contribution in [0.4, 0.5) is 0 Å². The molecule has 0 aliphatic carbocycles. The number of morpholine rings is 1. The Bertz CT molecular complexity index is 155. The molecule has 1 fully saturated rings. The fourth-order valence-electron chi connectivity index (χ4n) is 1.02. The van der Waals surface area contributed by atoms with E-state index in [-0.39, 0.29) is 6.10 Å². The average molecular weight is 189 g/mol. The highest BCUT2D eigenvalue weighted by molar-refractivity contribution is 7.80. The summed E-state index contributed by atoms with van der Waals surface area (Å²) in [5, 5.41) is 0.605. The van der Waals surface area contributed by atoms with Gasteiger partial charge in [-0.15, -0.1) is 0 Å². The van der Waals surface area contributed by atoms with Crippen molar-refractivity contribution in [3.05, 3.63) is 0 Å². The van der Waals surface area contributed by atoms with Gasteiger partial charge in [-0.25, -0.2) is 0 Å². The Morgan fingerprint density at radius 1 is 1.42 bits per heavy atom. The van der Waals surface area contributed by atoms with E-state index < -0.39 is 0 Å². The van der Waals surface area contributed by atoms with E-state index in [0.717, 1.165) is 26.3 Å². The monoisotopic (exact) mass is 189 g/mol. The van der Waals surface area contributed by atoms with E-state index in [4.69, 9.17) is 21.7 Å². The maximum absolute atomic E-state index is 5.39. The van der Waals surface area contributed by atoms with Crippen molar-refractivity contribution in [3.63, 3.8) is 0 Å². The minimum absolute atomic E-state index is 0.167. The third-order valence-corrected chi connectivity index (χ3v) is 1.96. The topological polar surface area (TPSA) is 21.7 Å². The molecule has 4 heteroatoms. The first-order valence-electron chi connectivity index (χ1n) is 4.23. The zero-order valence-electron chi connectivity index (χ0n) is 7.58. The van der Waals surface area contributed by atoms with Gasteiger partial charge in [0.05, 0.1) is 19.3 Å². The van der Waals surface area contributed by atoms with Crippen LogP contribution in [0.1, 0.15) is 13.8 Å². The first-order chi connectivity index (χ1) is 5.70. The molecule has 1 aliphatic rings. The summed E-state index contributed by atoms with van der Waals surface area (Å²) in [5.41, 5.74) is 0. The summed E-state index contributed by atoms with van der Waals surface area (Å²) in [6, 6.07) is 0. The lowest BCUT2D eigenvalue weighted by atomic mass is 10.4. The van der Waals surface area contributed by atoms with Crippen molar-refractivity contribution in [1.82, 2.24) is 4.90 Å². The molecule has 0 saturated carbocycles. The predicted molar refractivity (Wildman–Crippen MR) is 51.2 cm³/mol. The summed E-state index contributed by atoms with van der Waals surface area (Å²) in [6.07, 6.45) is 0.167. The van der Waals surface area contributed by atoms with E-state index in [1.165, 1.54) is 0 Å². The highest BCUT2D eigenvalue weighted by atomic mass is 32.1. The fourth-order valence-corrected chi connectivity index (χ4v) is 1.40. The van der Waals surface area contributed by atoms with Crippen molar-refractivity contribution >= 4 is 17.4 Å². The molecule has 1 saturated heterocycles. The van der Waals surface area contributed by atoms with Crippen molar-refractivity contribution in [3.8, 4) is 0 Å². The maximum atomic E-state index is 5.39. The van der Waals surface area contributed by atoms with Gasteiger partial charge in [0.1, 0.15) is 0 Å². The zero-order chi connectivity index (χ0) is 8.97. The fraction of sp³-hybridized carbons (Fsp3) is 0.875. The van der Waals surface area contributed by atoms with Crippen LogP contribution in [-0.4, -0.2) is 42.5 Å². The molecule has 12 heavy (non-hydrogen) atoms.